The molecule has 0 amide bonds. The number of aromatic nitrogens is 1. The van der Waals surface area contributed by atoms with Crippen LogP contribution >= 0.6 is 0 Å². The third-order valence-electron chi connectivity index (χ3n) is 9.11. The molecule has 0 spiro atoms. The Bertz CT molecular complexity index is 2000. The quantitative estimate of drug-likeness (QED) is 0.0980. The maximum atomic E-state index is 6.11. The van der Waals surface area contributed by atoms with Crippen LogP contribution in [0.4, 0.5) is 17.1 Å². The Morgan fingerprint density at radius 2 is 0.918 bits per heavy atom. The van der Waals surface area contributed by atoms with Crippen molar-refractivity contribution in [2.24, 2.45) is 0 Å². The van der Waals surface area contributed by atoms with Crippen LogP contribution in [0.5, 0.6) is 0 Å². The number of nitrogens with zero attached hydrogens (tertiary/aromatic N) is 2. The molecule has 7 rings (SSSR count). The predicted octanol–water partition coefficient (Wildman–Crippen LogP) is 11.6. The number of fused-ring (bicyclic) bond motifs is 3. The van der Waals surface area contributed by atoms with Crippen LogP contribution in [0.25, 0.3) is 21.8 Å². The summed E-state index contributed by atoms with van der Waals surface area (Å²) in [5.74, 6) is 0. The fourth-order valence-electron chi connectivity index (χ4n) is 6.61. The van der Waals surface area contributed by atoms with E-state index < -0.39 is 0 Å². The third kappa shape index (κ3) is 8.11. The van der Waals surface area contributed by atoms with Crippen LogP contribution in [0.1, 0.15) is 42.4 Å². The van der Waals surface area contributed by atoms with Gasteiger partial charge >= 0.3 is 0 Å². The van der Waals surface area contributed by atoms with Gasteiger partial charge in [0.2, 0.25) is 0 Å². The summed E-state index contributed by atoms with van der Waals surface area (Å²) >= 11 is 0. The van der Waals surface area contributed by atoms with E-state index in [9.17, 15) is 0 Å². The van der Waals surface area contributed by atoms with Crippen molar-refractivity contribution < 1.29 is 9.47 Å². The maximum Gasteiger partial charge on any atom is 0.0717 e. The highest BCUT2D eigenvalue weighted by Crippen LogP contribution is 2.34. The van der Waals surface area contributed by atoms with Crippen molar-refractivity contribution in [3.05, 3.63) is 174 Å². The van der Waals surface area contributed by atoms with Gasteiger partial charge in [0, 0.05) is 58.6 Å². The third-order valence-corrected chi connectivity index (χ3v) is 9.11. The summed E-state index contributed by atoms with van der Waals surface area (Å²) in [4.78, 5) is 2.28. The number of anilines is 3. The van der Waals surface area contributed by atoms with Gasteiger partial charge in [0.1, 0.15) is 0 Å². The van der Waals surface area contributed by atoms with Gasteiger partial charge < -0.3 is 18.9 Å². The molecular weight excluding hydrogens is 601 g/mol. The summed E-state index contributed by atoms with van der Waals surface area (Å²) in [6.07, 6.45) is 4.44. The SMILES string of the molecule is c1ccc(Cn2c3ccccc3c3cc(COCCCCCCOCc4ccc(N(c5ccccc5)c5ccccc5)cc4)ccc32)cc1. The zero-order valence-corrected chi connectivity index (χ0v) is 28.1. The molecular formula is C45H44N2O2. The standard InChI is InChI=1S/C45H44N2O2/c1(14-30-48-34-37-24-27-41(28-25-37)47(39-18-8-4-9-19-39)40-20-10-5-11-21-40)2-15-31-49-35-38-26-29-45-43(32-38)42-22-12-13-23-44(42)46(45)33-36-16-6-3-7-17-36/h3-13,16-29,32H,1-2,14-15,30-31,33-35H2. The van der Waals surface area contributed by atoms with Gasteiger partial charge in [-0.1, -0.05) is 116 Å². The molecule has 49 heavy (non-hydrogen) atoms. The highest BCUT2D eigenvalue weighted by atomic mass is 16.5. The molecule has 246 valence electrons. The van der Waals surface area contributed by atoms with Gasteiger partial charge in [-0.3, -0.25) is 0 Å². The van der Waals surface area contributed by atoms with Gasteiger partial charge in [0.05, 0.1) is 13.2 Å². The van der Waals surface area contributed by atoms with Gasteiger partial charge in [-0.2, -0.15) is 0 Å². The number of para-hydroxylation sites is 3. The normalized spacial score (nSPS) is 11.3. The van der Waals surface area contributed by atoms with Crippen molar-refractivity contribution in [2.45, 2.75) is 45.4 Å². The number of benzene rings is 6. The van der Waals surface area contributed by atoms with Crippen LogP contribution in [0.3, 0.4) is 0 Å². The summed E-state index contributed by atoms with van der Waals surface area (Å²) in [5, 5.41) is 2.59. The van der Waals surface area contributed by atoms with Crippen LogP contribution in [0.15, 0.2) is 158 Å². The van der Waals surface area contributed by atoms with E-state index in [1.807, 2.05) is 0 Å². The lowest BCUT2D eigenvalue weighted by atomic mass is 10.1. The number of ether oxygens (including phenoxy) is 2. The van der Waals surface area contributed by atoms with Crippen molar-refractivity contribution in [3.8, 4) is 0 Å². The lowest BCUT2D eigenvalue weighted by Gasteiger charge is -2.25. The lowest BCUT2D eigenvalue weighted by molar-refractivity contribution is 0.108. The Labute approximate surface area is 290 Å². The van der Waals surface area contributed by atoms with Crippen LogP contribution < -0.4 is 4.90 Å². The molecule has 0 aliphatic rings. The van der Waals surface area contributed by atoms with E-state index in [1.165, 1.54) is 38.5 Å². The molecule has 0 saturated heterocycles. The first-order chi connectivity index (χ1) is 24.3. The van der Waals surface area contributed by atoms with Crippen molar-refractivity contribution in [3.63, 3.8) is 0 Å². The van der Waals surface area contributed by atoms with E-state index in [0.717, 1.165) is 62.5 Å². The molecule has 0 fully saturated rings. The van der Waals surface area contributed by atoms with Crippen molar-refractivity contribution in [1.82, 2.24) is 4.57 Å². The number of hydrogen-bond donors (Lipinski definition) is 0. The topological polar surface area (TPSA) is 26.6 Å². The fourth-order valence-corrected chi connectivity index (χ4v) is 6.61. The molecule has 0 radical (unpaired) electrons. The van der Waals surface area contributed by atoms with Crippen LogP contribution in [0, 0.1) is 0 Å². The van der Waals surface area contributed by atoms with E-state index in [0.29, 0.717) is 13.2 Å². The smallest absolute Gasteiger partial charge is 0.0717 e. The summed E-state index contributed by atoms with van der Waals surface area (Å²) in [7, 11) is 0. The van der Waals surface area contributed by atoms with Crippen LogP contribution in [0.2, 0.25) is 0 Å². The van der Waals surface area contributed by atoms with Gasteiger partial charge in [0.15, 0.2) is 0 Å². The molecule has 4 heteroatoms. The molecule has 0 bridgehead atoms. The van der Waals surface area contributed by atoms with Gasteiger partial charge in [0.25, 0.3) is 0 Å². The van der Waals surface area contributed by atoms with E-state index in [-0.39, 0.29) is 0 Å². The second-order valence-electron chi connectivity index (χ2n) is 12.6. The lowest BCUT2D eigenvalue weighted by Crippen LogP contribution is -2.09. The van der Waals surface area contributed by atoms with Gasteiger partial charge in [-0.25, -0.2) is 0 Å². The molecule has 0 saturated carbocycles. The minimum atomic E-state index is 0.634. The monoisotopic (exact) mass is 644 g/mol. The molecule has 1 aromatic heterocycles. The van der Waals surface area contributed by atoms with Crippen LogP contribution in [-0.2, 0) is 29.2 Å². The first kappa shape index (κ1) is 32.4. The first-order valence-electron chi connectivity index (χ1n) is 17.5. The zero-order chi connectivity index (χ0) is 33.1. The van der Waals surface area contributed by atoms with Gasteiger partial charge in [-0.05, 0) is 84.1 Å². The van der Waals surface area contributed by atoms with Crippen molar-refractivity contribution >= 4 is 38.9 Å². The number of rotatable bonds is 16. The van der Waals surface area contributed by atoms with Crippen molar-refractivity contribution in [2.75, 3.05) is 18.1 Å². The van der Waals surface area contributed by atoms with Crippen molar-refractivity contribution in [1.29, 1.82) is 0 Å². The summed E-state index contributed by atoms with van der Waals surface area (Å²) in [5.41, 5.74) is 9.69. The summed E-state index contributed by atoms with van der Waals surface area (Å²) < 4.78 is 14.6. The number of hydrogen-bond acceptors (Lipinski definition) is 3. The van der Waals surface area contributed by atoms with E-state index >= 15 is 0 Å². The van der Waals surface area contributed by atoms with E-state index in [1.54, 1.807) is 0 Å². The number of unbranched alkanes of at least 4 members (excludes halogenated alkanes) is 3. The van der Waals surface area contributed by atoms with Gasteiger partial charge in [-0.15, -0.1) is 0 Å². The Hall–Kier alpha value is -5.16. The zero-order valence-electron chi connectivity index (χ0n) is 28.1. The largest absolute Gasteiger partial charge is 0.377 e. The predicted molar refractivity (Wildman–Crippen MR) is 204 cm³/mol. The molecule has 4 nitrogen and oxygen atoms in total. The highest BCUT2D eigenvalue weighted by Gasteiger charge is 2.13. The van der Waals surface area contributed by atoms with E-state index in [2.05, 4.69) is 167 Å². The molecule has 0 N–H and O–H groups in total. The Morgan fingerprint density at radius 1 is 0.408 bits per heavy atom. The molecule has 0 aliphatic heterocycles. The minimum Gasteiger partial charge on any atom is -0.377 e. The molecule has 1 heterocycles. The molecule has 7 aromatic rings. The van der Waals surface area contributed by atoms with Crippen LogP contribution in [-0.4, -0.2) is 17.8 Å². The Balaban J connectivity index is 0.825. The Morgan fingerprint density at radius 3 is 1.57 bits per heavy atom. The summed E-state index contributed by atoms with van der Waals surface area (Å²) in [6, 6.07) is 55.9. The average Bonchev–Trinajstić information content (AvgIpc) is 3.46. The highest BCUT2D eigenvalue weighted by molar-refractivity contribution is 6.08. The van der Waals surface area contributed by atoms with E-state index in [4.69, 9.17) is 9.47 Å². The Kier molecular flexibility index (Phi) is 10.8. The first-order valence-corrected chi connectivity index (χ1v) is 17.5. The fraction of sp³-hybridized carbons (Fsp3) is 0.200. The second-order valence-corrected chi connectivity index (χ2v) is 12.6. The average molecular weight is 645 g/mol. The molecule has 6 aromatic carbocycles. The molecule has 0 atom stereocenters. The maximum absolute atomic E-state index is 6.11. The second kappa shape index (κ2) is 16.3. The summed E-state index contributed by atoms with van der Waals surface area (Å²) in [6.45, 7) is 3.70. The minimum absolute atomic E-state index is 0.634. The molecule has 0 unspecified atom stereocenters. The molecule has 0 aliphatic carbocycles.